The molecule has 2 aromatic heterocycles. The smallest absolute Gasteiger partial charge is 0.409 e. The van der Waals surface area contributed by atoms with Crippen molar-refractivity contribution in [1.82, 2.24) is 24.6 Å². The van der Waals surface area contributed by atoms with Crippen LogP contribution in [0, 0.1) is 11.2 Å². The Hall–Kier alpha value is -2.72. The number of hydrogen-bond donors (Lipinski definition) is 0. The van der Waals surface area contributed by atoms with Gasteiger partial charge in [0.25, 0.3) is 0 Å². The van der Waals surface area contributed by atoms with E-state index in [1.165, 1.54) is 19.0 Å². The van der Waals surface area contributed by atoms with Gasteiger partial charge >= 0.3 is 6.09 Å². The van der Waals surface area contributed by atoms with Crippen LogP contribution in [0.2, 0.25) is 0 Å². The summed E-state index contributed by atoms with van der Waals surface area (Å²) in [6.07, 6.45) is 8.30. The Morgan fingerprint density at radius 1 is 1.23 bits per heavy atom. The second-order valence-corrected chi connectivity index (χ2v) is 9.98. The third-order valence-electron chi connectivity index (χ3n) is 7.69. The second-order valence-electron chi connectivity index (χ2n) is 9.98. The molecule has 3 aliphatic rings. The summed E-state index contributed by atoms with van der Waals surface area (Å²) in [5.41, 5.74) is 1.90. The zero-order chi connectivity index (χ0) is 24.4. The number of carbonyl (C=O) groups is 1. The average Bonchev–Trinajstić information content (AvgIpc) is 3.50. The van der Waals surface area contributed by atoms with Gasteiger partial charge in [-0.3, -0.25) is 9.58 Å². The van der Waals surface area contributed by atoms with Crippen LogP contribution in [0.1, 0.15) is 26.2 Å². The fourth-order valence-corrected chi connectivity index (χ4v) is 5.89. The molecule has 2 aliphatic heterocycles. The molecule has 9 nitrogen and oxygen atoms in total. The van der Waals surface area contributed by atoms with Gasteiger partial charge in [-0.25, -0.2) is 14.2 Å². The van der Waals surface area contributed by atoms with Crippen LogP contribution in [0.5, 0.6) is 0 Å². The Kier molecular flexibility index (Phi) is 6.93. The normalized spacial score (nSPS) is 22.0. The Labute approximate surface area is 205 Å². The van der Waals surface area contributed by atoms with Crippen molar-refractivity contribution in [3.63, 3.8) is 0 Å². The van der Waals surface area contributed by atoms with Crippen molar-refractivity contribution in [2.24, 2.45) is 5.41 Å². The van der Waals surface area contributed by atoms with Crippen molar-refractivity contribution >= 4 is 11.9 Å². The maximum atomic E-state index is 14.1. The molecule has 3 fully saturated rings. The first-order chi connectivity index (χ1) is 17.0. The highest BCUT2D eigenvalue weighted by molar-refractivity contribution is 5.75. The number of likely N-dealkylation sites (tertiary alicyclic amines) is 1. The van der Waals surface area contributed by atoms with E-state index in [-0.39, 0.29) is 17.3 Å². The molecule has 0 N–H and O–H groups in total. The Morgan fingerprint density at radius 2 is 2.03 bits per heavy atom. The Bertz CT molecular complexity index is 1030. The highest BCUT2D eigenvalue weighted by atomic mass is 19.1. The summed E-state index contributed by atoms with van der Waals surface area (Å²) < 4.78 is 26.2. The maximum Gasteiger partial charge on any atom is 0.409 e. The summed E-state index contributed by atoms with van der Waals surface area (Å²) in [5, 5.41) is 4.39. The SMILES string of the molecule is CCOC(=O)N1CC2(CCC(N3CCN(c4ncc(F)cc4-c4cnn(CCOC)c4)CC3)C2)C1. The van der Waals surface area contributed by atoms with Crippen molar-refractivity contribution in [1.29, 1.82) is 0 Å². The quantitative estimate of drug-likeness (QED) is 0.596. The summed E-state index contributed by atoms with van der Waals surface area (Å²) in [4.78, 5) is 23.1. The lowest BCUT2D eigenvalue weighted by molar-refractivity contribution is -0.00294. The minimum atomic E-state index is -0.347. The number of amides is 1. The van der Waals surface area contributed by atoms with Crippen LogP contribution >= 0.6 is 0 Å². The number of carbonyl (C=O) groups excluding carboxylic acids is 1. The number of nitrogens with zero attached hydrogens (tertiary/aromatic N) is 6. The van der Waals surface area contributed by atoms with Gasteiger partial charge in [0.05, 0.1) is 32.2 Å². The molecule has 5 rings (SSSR count). The lowest BCUT2D eigenvalue weighted by atomic mass is 9.78. The van der Waals surface area contributed by atoms with Gasteiger partial charge < -0.3 is 19.3 Å². The summed E-state index contributed by atoms with van der Waals surface area (Å²) in [7, 11) is 1.66. The van der Waals surface area contributed by atoms with Crippen molar-refractivity contribution in [3.8, 4) is 11.1 Å². The number of anilines is 1. The van der Waals surface area contributed by atoms with Gasteiger partial charge in [-0.2, -0.15) is 5.10 Å². The highest BCUT2D eigenvalue weighted by Gasteiger charge is 2.51. The number of piperazine rings is 1. The Morgan fingerprint density at radius 3 is 2.77 bits per heavy atom. The van der Waals surface area contributed by atoms with Gasteiger partial charge in [-0.15, -0.1) is 0 Å². The molecule has 190 valence electrons. The molecule has 10 heteroatoms. The molecule has 4 heterocycles. The fraction of sp³-hybridized carbons (Fsp3) is 0.640. The minimum Gasteiger partial charge on any atom is -0.450 e. The molecule has 1 amide bonds. The zero-order valence-electron chi connectivity index (χ0n) is 20.7. The predicted octanol–water partition coefficient (Wildman–Crippen LogP) is 2.86. The van der Waals surface area contributed by atoms with Crippen molar-refractivity contribution in [3.05, 3.63) is 30.5 Å². The second kappa shape index (κ2) is 10.1. The van der Waals surface area contributed by atoms with Crippen molar-refractivity contribution in [2.75, 3.05) is 64.5 Å². The van der Waals surface area contributed by atoms with Crippen LogP contribution < -0.4 is 4.90 Å². The molecule has 1 atom stereocenters. The lowest BCUT2D eigenvalue weighted by Crippen LogP contribution is -2.58. The molecular weight excluding hydrogens is 451 g/mol. The van der Waals surface area contributed by atoms with E-state index in [0.29, 0.717) is 25.8 Å². The largest absolute Gasteiger partial charge is 0.450 e. The third kappa shape index (κ3) is 4.99. The van der Waals surface area contributed by atoms with E-state index in [9.17, 15) is 9.18 Å². The standard InChI is InChI=1S/C25H35FN6O3/c1-3-35-24(33)31-17-25(18-31)5-4-21(13-25)29-6-8-30(9-7-29)23-22(12-20(26)15-27-23)19-14-28-32(16-19)10-11-34-2/h12,14-16,21H,3-11,13,17-18H2,1-2H3. The van der Waals surface area contributed by atoms with E-state index in [2.05, 4.69) is 19.9 Å². The van der Waals surface area contributed by atoms with Crippen LogP contribution in [0.4, 0.5) is 15.0 Å². The van der Waals surface area contributed by atoms with E-state index < -0.39 is 0 Å². The number of ether oxygens (including phenoxy) is 2. The van der Waals surface area contributed by atoms with Gasteiger partial charge in [0.2, 0.25) is 0 Å². The molecule has 1 saturated carbocycles. The van der Waals surface area contributed by atoms with E-state index in [0.717, 1.165) is 62.6 Å². The summed E-state index contributed by atoms with van der Waals surface area (Å²) in [6.45, 7) is 8.74. The van der Waals surface area contributed by atoms with Crippen LogP contribution in [-0.4, -0.2) is 96.3 Å². The van der Waals surface area contributed by atoms with Gasteiger partial charge in [-0.1, -0.05) is 0 Å². The molecule has 1 aliphatic carbocycles. The van der Waals surface area contributed by atoms with Crippen molar-refractivity contribution < 1.29 is 18.7 Å². The molecule has 0 radical (unpaired) electrons. The number of hydrogen-bond acceptors (Lipinski definition) is 7. The zero-order valence-corrected chi connectivity index (χ0v) is 20.7. The number of halogens is 1. The molecule has 1 spiro atoms. The summed E-state index contributed by atoms with van der Waals surface area (Å²) in [5.74, 6) is 0.463. The van der Waals surface area contributed by atoms with Crippen LogP contribution in [0.25, 0.3) is 11.1 Å². The van der Waals surface area contributed by atoms with Crippen LogP contribution in [-0.2, 0) is 16.0 Å². The van der Waals surface area contributed by atoms with E-state index >= 15 is 0 Å². The van der Waals surface area contributed by atoms with Gasteiger partial charge in [0, 0.05) is 75.2 Å². The van der Waals surface area contributed by atoms with Gasteiger partial charge in [-0.05, 0) is 32.3 Å². The number of rotatable bonds is 7. The topological polar surface area (TPSA) is 76.0 Å². The first kappa shape index (κ1) is 24.0. The van der Waals surface area contributed by atoms with E-state index in [1.807, 2.05) is 22.7 Å². The molecule has 35 heavy (non-hydrogen) atoms. The van der Waals surface area contributed by atoms with Gasteiger partial charge in [0.1, 0.15) is 11.6 Å². The van der Waals surface area contributed by atoms with Crippen molar-refractivity contribution in [2.45, 2.75) is 38.8 Å². The van der Waals surface area contributed by atoms with E-state index in [1.54, 1.807) is 19.4 Å². The third-order valence-corrected chi connectivity index (χ3v) is 7.69. The number of aromatic nitrogens is 3. The summed E-state index contributed by atoms with van der Waals surface area (Å²) >= 11 is 0. The minimum absolute atomic E-state index is 0.179. The first-order valence-electron chi connectivity index (χ1n) is 12.6. The molecular formula is C25H35FN6O3. The molecule has 0 bridgehead atoms. The highest BCUT2D eigenvalue weighted by Crippen LogP contribution is 2.47. The molecule has 1 unspecified atom stereocenters. The fourth-order valence-electron chi connectivity index (χ4n) is 5.89. The Balaban J connectivity index is 1.19. The average molecular weight is 487 g/mol. The number of methoxy groups -OCH3 is 1. The monoisotopic (exact) mass is 486 g/mol. The first-order valence-corrected chi connectivity index (χ1v) is 12.6. The molecule has 2 saturated heterocycles. The van der Waals surface area contributed by atoms with E-state index in [4.69, 9.17) is 9.47 Å². The molecule has 2 aromatic rings. The maximum absolute atomic E-state index is 14.1. The summed E-state index contributed by atoms with van der Waals surface area (Å²) in [6, 6.07) is 2.11. The van der Waals surface area contributed by atoms with Gasteiger partial charge in [0.15, 0.2) is 0 Å². The van der Waals surface area contributed by atoms with Crippen LogP contribution in [0.15, 0.2) is 24.7 Å². The lowest BCUT2D eigenvalue weighted by Gasteiger charge is -2.48. The predicted molar refractivity (Wildman–Crippen MR) is 130 cm³/mol. The number of pyridine rings is 1. The van der Waals surface area contributed by atoms with Crippen LogP contribution in [0.3, 0.4) is 0 Å². The molecule has 0 aromatic carbocycles.